The zero-order valence-electron chi connectivity index (χ0n) is 8.42. The second-order valence-corrected chi connectivity index (χ2v) is 5.26. The highest BCUT2D eigenvalue weighted by Gasteiger charge is 1.98. The highest BCUT2D eigenvalue weighted by Crippen LogP contribution is 1.80. The van der Waals surface area contributed by atoms with Crippen molar-refractivity contribution >= 4 is 28.1 Å². The van der Waals surface area contributed by atoms with Crippen LogP contribution in [0.15, 0.2) is 0 Å². The summed E-state index contributed by atoms with van der Waals surface area (Å²) in [6.45, 7) is 6.65. The van der Waals surface area contributed by atoms with Crippen LogP contribution < -0.4 is 10.6 Å². The predicted molar refractivity (Wildman–Crippen MR) is 62.4 cm³/mol. The first kappa shape index (κ1) is 12.8. The summed E-state index contributed by atoms with van der Waals surface area (Å²) in [5, 5.41) is 6.70. The van der Waals surface area contributed by atoms with E-state index in [2.05, 4.69) is 10.6 Å². The van der Waals surface area contributed by atoms with Gasteiger partial charge in [-0.25, -0.2) is 0 Å². The van der Waals surface area contributed by atoms with E-state index in [0.717, 1.165) is 0 Å². The topological polar surface area (TPSA) is 41.1 Å². The van der Waals surface area contributed by atoms with Gasteiger partial charge in [-0.05, 0) is 26.1 Å². The molecule has 0 heterocycles. The molecule has 0 spiro atoms. The van der Waals surface area contributed by atoms with E-state index in [9.17, 15) is 4.21 Å². The Labute approximate surface area is 88.1 Å². The number of hydrogen-bond donors (Lipinski definition) is 2. The zero-order chi connectivity index (χ0) is 10.3. The van der Waals surface area contributed by atoms with Crippen LogP contribution >= 0.6 is 12.2 Å². The third kappa shape index (κ3) is 8.18. The molecule has 2 N–H and O–H groups in total. The van der Waals surface area contributed by atoms with Gasteiger partial charge in [-0.15, -0.1) is 0 Å². The van der Waals surface area contributed by atoms with Gasteiger partial charge in [0.25, 0.3) is 0 Å². The fourth-order valence-electron chi connectivity index (χ4n) is 0.736. The third-order valence-corrected chi connectivity index (χ3v) is 2.92. The summed E-state index contributed by atoms with van der Waals surface area (Å²) in [6.07, 6.45) is 0. The summed E-state index contributed by atoms with van der Waals surface area (Å²) in [6, 6.07) is 0.344. The molecule has 3 nitrogen and oxygen atoms in total. The lowest BCUT2D eigenvalue weighted by atomic mass is 10.4. The molecule has 0 rings (SSSR count). The number of nitrogens with one attached hydrogen (secondary N) is 2. The molecule has 0 saturated heterocycles. The standard InChI is InChI=1S/C8H18N2OS2/c1-4-13(11)6-5-9-8(12)10-7(2)3/h7H,4-6H2,1-3H3,(H2,9,10,12). The molecule has 0 aliphatic rings. The van der Waals surface area contributed by atoms with Crippen molar-refractivity contribution in [3.63, 3.8) is 0 Å². The number of rotatable bonds is 5. The second-order valence-electron chi connectivity index (χ2n) is 2.99. The van der Waals surface area contributed by atoms with Crippen molar-refractivity contribution in [3.05, 3.63) is 0 Å². The van der Waals surface area contributed by atoms with Crippen LogP contribution in [0.25, 0.3) is 0 Å². The molecule has 0 radical (unpaired) electrons. The Bertz CT molecular complexity index is 183. The van der Waals surface area contributed by atoms with Gasteiger partial charge in [0.2, 0.25) is 0 Å². The maximum absolute atomic E-state index is 11.0. The first-order valence-electron chi connectivity index (χ1n) is 4.45. The molecule has 1 unspecified atom stereocenters. The molecule has 13 heavy (non-hydrogen) atoms. The van der Waals surface area contributed by atoms with E-state index < -0.39 is 10.8 Å². The molecule has 0 aliphatic carbocycles. The molecule has 0 aliphatic heterocycles. The average Bonchev–Trinajstić information content (AvgIpc) is 2.02. The zero-order valence-corrected chi connectivity index (χ0v) is 10.1. The van der Waals surface area contributed by atoms with Crippen LogP contribution in [0.3, 0.4) is 0 Å². The lowest BCUT2D eigenvalue weighted by Crippen LogP contribution is -2.40. The molecule has 1 atom stereocenters. The SMILES string of the molecule is CCS(=O)CCNC(=S)NC(C)C. The maximum atomic E-state index is 11.0. The van der Waals surface area contributed by atoms with Gasteiger partial charge in [0.05, 0.1) is 0 Å². The highest BCUT2D eigenvalue weighted by atomic mass is 32.2. The first-order valence-corrected chi connectivity index (χ1v) is 6.35. The second kappa shape index (κ2) is 7.26. The van der Waals surface area contributed by atoms with Crippen LogP contribution in [0.2, 0.25) is 0 Å². The fourth-order valence-corrected chi connectivity index (χ4v) is 1.69. The van der Waals surface area contributed by atoms with Gasteiger partial charge >= 0.3 is 0 Å². The largest absolute Gasteiger partial charge is 0.362 e. The van der Waals surface area contributed by atoms with Crippen molar-refractivity contribution < 1.29 is 4.21 Å². The van der Waals surface area contributed by atoms with Crippen molar-refractivity contribution in [3.8, 4) is 0 Å². The molecule has 5 heteroatoms. The van der Waals surface area contributed by atoms with Crippen LogP contribution in [0.5, 0.6) is 0 Å². The van der Waals surface area contributed by atoms with Gasteiger partial charge in [0.1, 0.15) is 0 Å². The van der Waals surface area contributed by atoms with Gasteiger partial charge in [-0.2, -0.15) is 0 Å². The van der Waals surface area contributed by atoms with Crippen LogP contribution in [0.4, 0.5) is 0 Å². The Morgan fingerprint density at radius 3 is 2.62 bits per heavy atom. The number of thiocarbonyl (C=S) groups is 1. The van der Waals surface area contributed by atoms with Gasteiger partial charge < -0.3 is 10.6 Å². The minimum atomic E-state index is -0.706. The van der Waals surface area contributed by atoms with E-state index in [-0.39, 0.29) is 0 Å². The first-order chi connectivity index (χ1) is 6.06. The lowest BCUT2D eigenvalue weighted by molar-refractivity contribution is 0.681. The van der Waals surface area contributed by atoms with Crippen LogP contribution in [0.1, 0.15) is 20.8 Å². The molecule has 0 bridgehead atoms. The average molecular weight is 222 g/mol. The van der Waals surface area contributed by atoms with E-state index in [1.807, 2.05) is 20.8 Å². The van der Waals surface area contributed by atoms with Gasteiger partial charge in [0, 0.05) is 34.9 Å². The van der Waals surface area contributed by atoms with Crippen molar-refractivity contribution in [2.75, 3.05) is 18.1 Å². The van der Waals surface area contributed by atoms with Crippen LogP contribution in [-0.4, -0.2) is 33.4 Å². The summed E-state index contributed by atoms with van der Waals surface area (Å²) < 4.78 is 11.0. The van der Waals surface area contributed by atoms with Crippen molar-refractivity contribution in [2.24, 2.45) is 0 Å². The Balaban J connectivity index is 3.42. The smallest absolute Gasteiger partial charge is 0.166 e. The molecule has 0 fully saturated rings. The van der Waals surface area contributed by atoms with Crippen molar-refractivity contribution in [1.29, 1.82) is 0 Å². The van der Waals surface area contributed by atoms with E-state index in [1.54, 1.807) is 0 Å². The highest BCUT2D eigenvalue weighted by molar-refractivity contribution is 7.84. The van der Waals surface area contributed by atoms with E-state index in [0.29, 0.717) is 29.2 Å². The summed E-state index contributed by atoms with van der Waals surface area (Å²) in [5.74, 6) is 1.38. The van der Waals surface area contributed by atoms with Crippen LogP contribution in [0, 0.1) is 0 Å². The summed E-state index contributed by atoms with van der Waals surface area (Å²) >= 11 is 5.00. The molecular formula is C8H18N2OS2. The summed E-state index contributed by atoms with van der Waals surface area (Å²) in [5.41, 5.74) is 0. The van der Waals surface area contributed by atoms with Gasteiger partial charge in [-0.1, -0.05) is 6.92 Å². The predicted octanol–water partition coefficient (Wildman–Crippen LogP) is 0.628. The third-order valence-electron chi connectivity index (χ3n) is 1.36. The monoisotopic (exact) mass is 222 g/mol. The lowest BCUT2D eigenvalue weighted by Gasteiger charge is -2.12. The van der Waals surface area contributed by atoms with Gasteiger partial charge in [-0.3, -0.25) is 4.21 Å². The summed E-state index contributed by atoms with van der Waals surface area (Å²) in [4.78, 5) is 0. The van der Waals surface area contributed by atoms with Crippen molar-refractivity contribution in [2.45, 2.75) is 26.8 Å². The minimum absolute atomic E-state index is 0.344. The quantitative estimate of drug-likeness (QED) is 0.670. The van der Waals surface area contributed by atoms with E-state index >= 15 is 0 Å². The van der Waals surface area contributed by atoms with Crippen molar-refractivity contribution in [1.82, 2.24) is 10.6 Å². The molecule has 0 amide bonds. The van der Waals surface area contributed by atoms with Crippen LogP contribution in [-0.2, 0) is 10.8 Å². The summed E-state index contributed by atoms with van der Waals surface area (Å²) in [7, 11) is -0.706. The molecule has 0 aromatic carbocycles. The Morgan fingerprint density at radius 2 is 2.15 bits per heavy atom. The fraction of sp³-hybridized carbons (Fsp3) is 0.875. The Morgan fingerprint density at radius 1 is 1.54 bits per heavy atom. The number of hydrogen-bond acceptors (Lipinski definition) is 2. The normalized spacial score (nSPS) is 12.6. The Hall–Kier alpha value is -0.160. The minimum Gasteiger partial charge on any atom is -0.362 e. The maximum Gasteiger partial charge on any atom is 0.166 e. The van der Waals surface area contributed by atoms with Gasteiger partial charge in [0.15, 0.2) is 5.11 Å². The molecule has 0 saturated carbocycles. The van der Waals surface area contributed by atoms with E-state index in [1.165, 1.54) is 0 Å². The molecule has 0 aromatic rings. The molecule has 78 valence electrons. The molecule has 0 aromatic heterocycles. The Kier molecular flexibility index (Phi) is 7.17. The molecular weight excluding hydrogens is 204 g/mol. The van der Waals surface area contributed by atoms with E-state index in [4.69, 9.17) is 12.2 Å².